The number of carbonyl (C=O) groups is 2. The fourth-order valence-electron chi connectivity index (χ4n) is 3.46. The van der Waals surface area contributed by atoms with Crippen molar-refractivity contribution in [1.82, 2.24) is 4.90 Å². The van der Waals surface area contributed by atoms with Crippen LogP contribution < -0.4 is 5.32 Å². The molecule has 0 saturated carbocycles. The van der Waals surface area contributed by atoms with Gasteiger partial charge in [0, 0.05) is 29.9 Å². The topological polar surface area (TPSA) is 49.4 Å². The molecule has 25 heavy (non-hydrogen) atoms. The average Bonchev–Trinajstić information content (AvgIpc) is 3.12. The molecular formula is C21H24N2O2. The molecule has 0 aromatic heterocycles. The molecule has 1 aliphatic heterocycles. The Kier molecular flexibility index (Phi) is 4.88. The summed E-state index contributed by atoms with van der Waals surface area (Å²) >= 11 is 0. The molecule has 0 spiro atoms. The second kappa shape index (κ2) is 7.09. The van der Waals surface area contributed by atoms with Crippen molar-refractivity contribution in [3.8, 4) is 0 Å². The third kappa shape index (κ3) is 3.73. The van der Waals surface area contributed by atoms with Crippen LogP contribution in [0.1, 0.15) is 50.2 Å². The number of anilines is 1. The lowest BCUT2D eigenvalue weighted by Crippen LogP contribution is -2.27. The number of nitrogens with one attached hydrogen (secondary N) is 1. The number of nitrogens with zero attached hydrogens (tertiary/aromatic N) is 1. The Morgan fingerprint density at radius 2 is 1.52 bits per heavy atom. The molecule has 1 N–H and O–H groups in total. The Labute approximate surface area is 148 Å². The molecule has 0 radical (unpaired) electrons. The summed E-state index contributed by atoms with van der Waals surface area (Å²) in [7, 11) is 0. The molecule has 0 aliphatic carbocycles. The highest BCUT2D eigenvalue weighted by Gasteiger charge is 2.20. The first-order valence-corrected chi connectivity index (χ1v) is 8.74. The summed E-state index contributed by atoms with van der Waals surface area (Å²) in [6.07, 6.45) is 2.11. The van der Waals surface area contributed by atoms with E-state index in [9.17, 15) is 9.59 Å². The van der Waals surface area contributed by atoms with E-state index in [0.29, 0.717) is 11.1 Å². The van der Waals surface area contributed by atoms with Crippen molar-refractivity contribution < 1.29 is 9.59 Å². The number of likely N-dealkylation sites (tertiary alicyclic amines) is 1. The molecule has 130 valence electrons. The van der Waals surface area contributed by atoms with Gasteiger partial charge in [0.25, 0.3) is 11.8 Å². The van der Waals surface area contributed by atoms with Crippen LogP contribution in [0.15, 0.2) is 36.4 Å². The van der Waals surface area contributed by atoms with Crippen molar-refractivity contribution in [3.05, 3.63) is 64.2 Å². The molecule has 1 fully saturated rings. The van der Waals surface area contributed by atoms with E-state index in [4.69, 9.17) is 0 Å². The van der Waals surface area contributed by atoms with Crippen LogP contribution in [0.4, 0.5) is 5.69 Å². The predicted octanol–water partition coefficient (Wildman–Crippen LogP) is 4.10. The highest BCUT2D eigenvalue weighted by Crippen LogP contribution is 2.23. The van der Waals surface area contributed by atoms with Gasteiger partial charge in [0.2, 0.25) is 0 Å². The maximum Gasteiger partial charge on any atom is 0.255 e. The first-order chi connectivity index (χ1) is 12.0. The minimum absolute atomic E-state index is 0.00912. The Balaban J connectivity index is 1.81. The minimum Gasteiger partial charge on any atom is -0.339 e. The molecule has 0 unspecified atom stereocenters. The van der Waals surface area contributed by atoms with Gasteiger partial charge in [-0.2, -0.15) is 0 Å². The van der Waals surface area contributed by atoms with Crippen molar-refractivity contribution in [1.29, 1.82) is 0 Å². The molecule has 2 aromatic carbocycles. The van der Waals surface area contributed by atoms with E-state index < -0.39 is 0 Å². The van der Waals surface area contributed by atoms with Gasteiger partial charge >= 0.3 is 0 Å². The molecule has 4 nitrogen and oxygen atoms in total. The summed E-state index contributed by atoms with van der Waals surface area (Å²) in [6, 6.07) is 11.1. The predicted molar refractivity (Wildman–Crippen MR) is 100 cm³/mol. The number of carbonyl (C=O) groups excluding carboxylic acids is 2. The second-order valence-corrected chi connectivity index (χ2v) is 6.81. The van der Waals surface area contributed by atoms with E-state index >= 15 is 0 Å². The largest absolute Gasteiger partial charge is 0.339 e. The summed E-state index contributed by atoms with van der Waals surface area (Å²) in [5.74, 6) is -0.180. The smallest absolute Gasteiger partial charge is 0.255 e. The van der Waals surface area contributed by atoms with Crippen molar-refractivity contribution in [2.75, 3.05) is 18.4 Å². The standard InChI is InChI=1S/C21H24N2O2/c1-14-11-15(2)19(16(3)12-14)22-20(24)17-7-6-8-18(13-17)21(25)23-9-4-5-10-23/h6-8,11-13H,4-5,9-10H2,1-3H3,(H,22,24). The van der Waals surface area contributed by atoms with E-state index in [2.05, 4.69) is 17.4 Å². The minimum atomic E-state index is -0.189. The van der Waals surface area contributed by atoms with E-state index in [0.717, 1.165) is 42.7 Å². The zero-order valence-electron chi connectivity index (χ0n) is 15.1. The van der Waals surface area contributed by atoms with Gasteiger partial charge in [0.1, 0.15) is 0 Å². The fraction of sp³-hybridized carbons (Fsp3) is 0.333. The Bertz CT molecular complexity index is 797. The molecule has 3 rings (SSSR count). The van der Waals surface area contributed by atoms with E-state index in [1.54, 1.807) is 24.3 Å². The first kappa shape index (κ1) is 17.2. The van der Waals surface area contributed by atoms with Crippen LogP contribution in [-0.2, 0) is 0 Å². The van der Waals surface area contributed by atoms with Crippen molar-refractivity contribution in [2.24, 2.45) is 0 Å². The van der Waals surface area contributed by atoms with Crippen LogP contribution in [-0.4, -0.2) is 29.8 Å². The van der Waals surface area contributed by atoms with Gasteiger partial charge in [-0.15, -0.1) is 0 Å². The SMILES string of the molecule is Cc1cc(C)c(NC(=O)c2cccc(C(=O)N3CCCC3)c2)c(C)c1. The number of aryl methyl sites for hydroxylation is 3. The fourth-order valence-corrected chi connectivity index (χ4v) is 3.46. The zero-order chi connectivity index (χ0) is 18.0. The van der Waals surface area contributed by atoms with Crippen molar-refractivity contribution in [3.63, 3.8) is 0 Å². The van der Waals surface area contributed by atoms with Gasteiger partial charge in [-0.1, -0.05) is 23.8 Å². The molecule has 1 heterocycles. The monoisotopic (exact) mass is 336 g/mol. The number of hydrogen-bond donors (Lipinski definition) is 1. The third-order valence-corrected chi connectivity index (χ3v) is 4.68. The van der Waals surface area contributed by atoms with Gasteiger partial charge in [-0.3, -0.25) is 9.59 Å². The summed E-state index contributed by atoms with van der Waals surface area (Å²) in [4.78, 5) is 27.0. The second-order valence-electron chi connectivity index (χ2n) is 6.81. The zero-order valence-corrected chi connectivity index (χ0v) is 15.1. The van der Waals surface area contributed by atoms with Crippen molar-refractivity contribution in [2.45, 2.75) is 33.6 Å². The van der Waals surface area contributed by atoms with Gasteiger partial charge < -0.3 is 10.2 Å². The molecule has 2 amide bonds. The molecule has 4 heteroatoms. The molecule has 0 atom stereocenters. The summed E-state index contributed by atoms with van der Waals surface area (Å²) in [6.45, 7) is 7.62. The van der Waals surface area contributed by atoms with Gasteiger partial charge in [0.05, 0.1) is 0 Å². The van der Waals surface area contributed by atoms with Crippen molar-refractivity contribution >= 4 is 17.5 Å². The first-order valence-electron chi connectivity index (χ1n) is 8.74. The molecule has 2 aromatic rings. The lowest BCUT2D eigenvalue weighted by Gasteiger charge is -2.16. The molecule has 0 bridgehead atoms. The lowest BCUT2D eigenvalue weighted by molar-refractivity contribution is 0.0793. The summed E-state index contributed by atoms with van der Waals surface area (Å²) in [5, 5.41) is 2.99. The van der Waals surface area contributed by atoms with Crippen LogP contribution in [0.3, 0.4) is 0 Å². The number of rotatable bonds is 3. The van der Waals surface area contributed by atoms with E-state index in [1.165, 1.54) is 5.56 Å². The van der Waals surface area contributed by atoms with Crippen LogP contribution in [0, 0.1) is 20.8 Å². The Morgan fingerprint density at radius 3 is 2.16 bits per heavy atom. The maximum absolute atomic E-state index is 12.7. The molecule has 1 aliphatic rings. The van der Waals surface area contributed by atoms with Crippen LogP contribution in [0.2, 0.25) is 0 Å². The van der Waals surface area contributed by atoms with Gasteiger partial charge in [-0.05, 0) is 62.9 Å². The Hall–Kier alpha value is -2.62. The van der Waals surface area contributed by atoms with E-state index in [1.807, 2.05) is 25.7 Å². The number of amides is 2. The quantitative estimate of drug-likeness (QED) is 0.917. The summed E-state index contributed by atoms with van der Waals surface area (Å²) < 4.78 is 0. The number of benzene rings is 2. The van der Waals surface area contributed by atoms with Crippen LogP contribution in [0.25, 0.3) is 0 Å². The van der Waals surface area contributed by atoms with Gasteiger partial charge in [0.15, 0.2) is 0 Å². The van der Waals surface area contributed by atoms with Crippen LogP contribution >= 0.6 is 0 Å². The van der Waals surface area contributed by atoms with E-state index in [-0.39, 0.29) is 11.8 Å². The third-order valence-electron chi connectivity index (χ3n) is 4.68. The summed E-state index contributed by atoms with van der Waals surface area (Å²) in [5.41, 5.74) is 5.17. The Morgan fingerprint density at radius 1 is 0.920 bits per heavy atom. The lowest BCUT2D eigenvalue weighted by atomic mass is 10.0. The molecular weight excluding hydrogens is 312 g/mol. The highest BCUT2D eigenvalue weighted by molar-refractivity contribution is 6.06. The maximum atomic E-state index is 12.7. The normalized spacial score (nSPS) is 13.8. The average molecular weight is 336 g/mol. The van der Waals surface area contributed by atoms with Crippen LogP contribution in [0.5, 0.6) is 0 Å². The van der Waals surface area contributed by atoms with Gasteiger partial charge in [-0.25, -0.2) is 0 Å². The highest BCUT2D eigenvalue weighted by atomic mass is 16.2. The molecule has 1 saturated heterocycles. The number of hydrogen-bond acceptors (Lipinski definition) is 2.